The van der Waals surface area contributed by atoms with Crippen LogP contribution in [0.3, 0.4) is 0 Å². The van der Waals surface area contributed by atoms with Crippen molar-refractivity contribution in [3.05, 3.63) is 83.0 Å². The first kappa shape index (κ1) is 22.4. The van der Waals surface area contributed by atoms with Crippen molar-refractivity contribution in [1.29, 1.82) is 0 Å². The Labute approximate surface area is 190 Å². The topological polar surface area (TPSA) is 61.1 Å². The Morgan fingerprint density at radius 2 is 1.58 bits per heavy atom. The van der Waals surface area contributed by atoms with E-state index in [1.165, 1.54) is 31.4 Å². The second kappa shape index (κ2) is 9.75. The number of methoxy groups -OCH3 is 1. The van der Waals surface area contributed by atoms with Crippen molar-refractivity contribution >= 4 is 11.0 Å². The molecule has 0 saturated carbocycles. The van der Waals surface area contributed by atoms with E-state index in [2.05, 4.69) is 0 Å². The second-order valence-electron chi connectivity index (χ2n) is 7.69. The van der Waals surface area contributed by atoms with Crippen LogP contribution in [0.25, 0.3) is 22.1 Å². The first-order valence-electron chi connectivity index (χ1n) is 10.4. The molecule has 0 saturated heterocycles. The molecule has 0 aliphatic heterocycles. The van der Waals surface area contributed by atoms with Gasteiger partial charge in [-0.1, -0.05) is 12.1 Å². The third kappa shape index (κ3) is 5.15. The van der Waals surface area contributed by atoms with Gasteiger partial charge < -0.3 is 23.5 Å². The van der Waals surface area contributed by atoms with Crippen LogP contribution in [0.4, 0.5) is 4.39 Å². The SMILES string of the molecule is COc1ccc2c(Oc3ccc(OCCN(C)C)cc3)c(-c3ccc(F)cc3)c(=O)oc2c1. The van der Waals surface area contributed by atoms with Crippen LogP contribution in [0.5, 0.6) is 23.0 Å². The molecule has 0 radical (unpaired) electrons. The molecule has 170 valence electrons. The summed E-state index contributed by atoms with van der Waals surface area (Å²) in [5, 5.41) is 0.584. The zero-order valence-electron chi connectivity index (χ0n) is 18.6. The van der Waals surface area contributed by atoms with Crippen molar-refractivity contribution in [1.82, 2.24) is 4.90 Å². The van der Waals surface area contributed by atoms with Gasteiger partial charge in [-0.15, -0.1) is 0 Å². The lowest BCUT2D eigenvalue weighted by molar-refractivity contribution is 0.261. The highest BCUT2D eigenvalue weighted by atomic mass is 19.1. The summed E-state index contributed by atoms with van der Waals surface area (Å²) in [6.45, 7) is 1.36. The van der Waals surface area contributed by atoms with Gasteiger partial charge in [0.05, 0.1) is 12.5 Å². The molecule has 3 aromatic carbocycles. The number of hydrogen-bond acceptors (Lipinski definition) is 6. The first-order valence-corrected chi connectivity index (χ1v) is 10.4. The average Bonchev–Trinajstić information content (AvgIpc) is 2.80. The molecule has 4 aromatic rings. The number of benzene rings is 3. The number of ether oxygens (including phenoxy) is 3. The van der Waals surface area contributed by atoms with Gasteiger partial charge in [-0.25, -0.2) is 9.18 Å². The number of halogens is 1. The fourth-order valence-electron chi connectivity index (χ4n) is 3.32. The molecule has 0 aliphatic carbocycles. The van der Waals surface area contributed by atoms with Gasteiger partial charge >= 0.3 is 5.63 Å². The largest absolute Gasteiger partial charge is 0.497 e. The molecule has 0 spiro atoms. The molecule has 0 N–H and O–H groups in total. The smallest absolute Gasteiger partial charge is 0.348 e. The predicted octanol–water partition coefficient (Wildman–Crippen LogP) is 5.34. The lowest BCUT2D eigenvalue weighted by Crippen LogP contribution is -2.19. The first-order chi connectivity index (χ1) is 15.9. The third-order valence-electron chi connectivity index (χ3n) is 5.05. The van der Waals surface area contributed by atoms with E-state index in [1.807, 2.05) is 19.0 Å². The number of rotatable bonds is 8. The Morgan fingerprint density at radius 3 is 2.24 bits per heavy atom. The van der Waals surface area contributed by atoms with Crippen LogP contribution in [0.15, 0.2) is 75.9 Å². The van der Waals surface area contributed by atoms with E-state index in [-0.39, 0.29) is 5.56 Å². The van der Waals surface area contributed by atoms with E-state index >= 15 is 0 Å². The number of fused-ring (bicyclic) bond motifs is 1. The van der Waals surface area contributed by atoms with E-state index in [4.69, 9.17) is 18.6 Å². The van der Waals surface area contributed by atoms with Crippen LogP contribution >= 0.6 is 0 Å². The summed E-state index contributed by atoms with van der Waals surface area (Å²) in [6.07, 6.45) is 0. The second-order valence-corrected chi connectivity index (χ2v) is 7.69. The van der Waals surface area contributed by atoms with E-state index < -0.39 is 11.4 Å². The molecule has 0 fully saturated rings. The van der Waals surface area contributed by atoms with Crippen molar-refractivity contribution in [2.24, 2.45) is 0 Å². The summed E-state index contributed by atoms with van der Waals surface area (Å²) in [4.78, 5) is 15.0. The van der Waals surface area contributed by atoms with Crippen molar-refractivity contribution < 1.29 is 23.0 Å². The number of likely N-dealkylation sites (N-methyl/N-ethyl adjacent to an activating group) is 1. The summed E-state index contributed by atoms with van der Waals surface area (Å²) in [7, 11) is 5.50. The monoisotopic (exact) mass is 449 g/mol. The van der Waals surface area contributed by atoms with Crippen molar-refractivity contribution in [3.8, 4) is 34.1 Å². The number of hydrogen-bond donors (Lipinski definition) is 0. The standard InChI is InChI=1S/C26H24FNO5/c1-28(2)14-15-31-19-8-10-20(11-9-19)32-25-22-13-12-21(30-3)16-23(22)33-26(29)24(25)17-4-6-18(27)7-5-17/h4-13,16H,14-15H2,1-3H3. The van der Waals surface area contributed by atoms with Crippen LogP contribution in [0.1, 0.15) is 0 Å². The maximum atomic E-state index is 13.5. The normalized spacial score (nSPS) is 11.1. The Kier molecular flexibility index (Phi) is 6.60. The van der Waals surface area contributed by atoms with Gasteiger partial charge in [-0.3, -0.25) is 0 Å². The molecule has 33 heavy (non-hydrogen) atoms. The maximum Gasteiger partial charge on any atom is 0.348 e. The summed E-state index contributed by atoms with van der Waals surface area (Å²) in [5.74, 6) is 1.69. The molecule has 1 aromatic heterocycles. The van der Waals surface area contributed by atoms with Crippen molar-refractivity contribution in [3.63, 3.8) is 0 Å². The molecule has 7 heteroatoms. The van der Waals surface area contributed by atoms with Gasteiger partial charge in [0.25, 0.3) is 0 Å². The van der Waals surface area contributed by atoms with Crippen LogP contribution < -0.4 is 19.8 Å². The Balaban J connectivity index is 1.75. The summed E-state index contributed by atoms with van der Waals surface area (Å²) < 4.78 is 36.2. The van der Waals surface area contributed by atoms with Crippen molar-refractivity contribution in [2.75, 3.05) is 34.4 Å². The molecule has 1 heterocycles. The molecule has 0 aliphatic rings. The summed E-state index contributed by atoms with van der Waals surface area (Å²) in [6, 6.07) is 17.9. The van der Waals surface area contributed by atoms with Gasteiger partial charge in [0.15, 0.2) is 5.75 Å². The Bertz CT molecular complexity index is 1300. The minimum Gasteiger partial charge on any atom is -0.497 e. The van der Waals surface area contributed by atoms with Gasteiger partial charge in [0.1, 0.15) is 40.8 Å². The molecule has 0 unspecified atom stereocenters. The van der Waals surface area contributed by atoms with Crippen LogP contribution in [0.2, 0.25) is 0 Å². The molecule has 0 atom stereocenters. The predicted molar refractivity (Wildman–Crippen MR) is 125 cm³/mol. The lowest BCUT2D eigenvalue weighted by Gasteiger charge is -2.14. The minimum atomic E-state index is -0.596. The van der Waals surface area contributed by atoms with E-state index in [1.54, 1.807) is 42.5 Å². The van der Waals surface area contributed by atoms with Crippen molar-refractivity contribution in [2.45, 2.75) is 0 Å². The van der Waals surface area contributed by atoms with Crippen LogP contribution in [-0.2, 0) is 0 Å². The van der Waals surface area contributed by atoms with Gasteiger partial charge in [-0.05, 0) is 68.2 Å². The molecule has 0 bridgehead atoms. The maximum absolute atomic E-state index is 13.5. The highest BCUT2D eigenvalue weighted by molar-refractivity contribution is 5.91. The fraction of sp³-hybridized carbons (Fsp3) is 0.192. The fourth-order valence-corrected chi connectivity index (χ4v) is 3.32. The number of nitrogens with zero attached hydrogens (tertiary/aromatic N) is 1. The minimum absolute atomic E-state index is 0.207. The van der Waals surface area contributed by atoms with Crippen LogP contribution in [0, 0.1) is 5.82 Å². The summed E-state index contributed by atoms with van der Waals surface area (Å²) in [5.41, 5.74) is 0.422. The quantitative estimate of drug-likeness (QED) is 0.339. The lowest BCUT2D eigenvalue weighted by atomic mass is 10.0. The zero-order chi connectivity index (χ0) is 23.4. The third-order valence-corrected chi connectivity index (χ3v) is 5.05. The van der Waals surface area contributed by atoms with Crippen LogP contribution in [-0.4, -0.2) is 39.3 Å². The van der Waals surface area contributed by atoms with Gasteiger partial charge in [0.2, 0.25) is 0 Å². The molecular weight excluding hydrogens is 425 g/mol. The highest BCUT2D eigenvalue weighted by Gasteiger charge is 2.19. The summed E-state index contributed by atoms with van der Waals surface area (Å²) >= 11 is 0. The van der Waals surface area contributed by atoms with E-state index in [0.717, 1.165) is 6.54 Å². The molecule has 0 amide bonds. The van der Waals surface area contributed by atoms with E-state index in [9.17, 15) is 9.18 Å². The van der Waals surface area contributed by atoms with Gasteiger partial charge in [-0.2, -0.15) is 0 Å². The molecule has 6 nitrogen and oxygen atoms in total. The average molecular weight is 449 g/mol. The molecule has 4 rings (SSSR count). The molecular formula is C26H24FNO5. The van der Waals surface area contributed by atoms with Gasteiger partial charge in [0, 0.05) is 12.6 Å². The van der Waals surface area contributed by atoms with E-state index in [0.29, 0.717) is 46.1 Å². The zero-order valence-corrected chi connectivity index (χ0v) is 18.6. The highest BCUT2D eigenvalue weighted by Crippen LogP contribution is 2.38. The Morgan fingerprint density at radius 1 is 0.909 bits per heavy atom. The Hall–Kier alpha value is -3.84.